The van der Waals surface area contributed by atoms with Crippen molar-refractivity contribution in [1.82, 2.24) is 9.97 Å². The van der Waals surface area contributed by atoms with E-state index in [1.54, 1.807) is 24.8 Å². The summed E-state index contributed by atoms with van der Waals surface area (Å²) in [4.78, 5) is 19.7. The fourth-order valence-corrected chi connectivity index (χ4v) is 2.51. The van der Waals surface area contributed by atoms with Gasteiger partial charge in [0.25, 0.3) is 0 Å². The highest BCUT2D eigenvalue weighted by Gasteiger charge is 2.47. The molecule has 17 heavy (non-hydrogen) atoms. The maximum atomic E-state index is 11.5. The molecule has 2 heterocycles. The summed E-state index contributed by atoms with van der Waals surface area (Å²) in [6, 6.07) is 1.86. The third-order valence-corrected chi connectivity index (χ3v) is 3.69. The summed E-state index contributed by atoms with van der Waals surface area (Å²) in [6.07, 6.45) is 9.20. The number of rotatable bonds is 2. The molecule has 1 fully saturated rings. The molecular formula is C13H12N2O2. The van der Waals surface area contributed by atoms with Crippen molar-refractivity contribution in [2.75, 3.05) is 0 Å². The van der Waals surface area contributed by atoms with Crippen LogP contribution in [0.4, 0.5) is 0 Å². The molecule has 0 bridgehead atoms. The van der Waals surface area contributed by atoms with E-state index in [0.717, 1.165) is 22.8 Å². The Morgan fingerprint density at radius 2 is 2.06 bits per heavy atom. The van der Waals surface area contributed by atoms with Gasteiger partial charge in [-0.05, 0) is 24.5 Å². The maximum absolute atomic E-state index is 11.5. The first-order valence-electron chi connectivity index (χ1n) is 5.66. The van der Waals surface area contributed by atoms with Gasteiger partial charge >= 0.3 is 5.97 Å². The van der Waals surface area contributed by atoms with Crippen LogP contribution in [0.1, 0.15) is 24.8 Å². The fraction of sp³-hybridized carbons (Fsp3) is 0.308. The SMILES string of the molecule is O=C(O)C1(c2cncc3ccncc23)CCC1. The lowest BCUT2D eigenvalue weighted by atomic mass is 9.64. The van der Waals surface area contributed by atoms with E-state index in [1.807, 2.05) is 6.07 Å². The molecular weight excluding hydrogens is 216 g/mol. The summed E-state index contributed by atoms with van der Waals surface area (Å²) >= 11 is 0. The van der Waals surface area contributed by atoms with Crippen molar-refractivity contribution in [3.05, 3.63) is 36.4 Å². The minimum atomic E-state index is -0.748. The molecule has 2 aromatic rings. The van der Waals surface area contributed by atoms with Crippen molar-refractivity contribution >= 4 is 16.7 Å². The zero-order chi connectivity index (χ0) is 11.9. The van der Waals surface area contributed by atoms with Gasteiger partial charge in [-0.3, -0.25) is 14.8 Å². The number of hydrogen-bond donors (Lipinski definition) is 1. The molecule has 2 aromatic heterocycles. The summed E-state index contributed by atoms with van der Waals surface area (Å²) in [5, 5.41) is 11.3. The molecule has 4 heteroatoms. The number of carboxylic acid groups (broad SMARTS) is 1. The van der Waals surface area contributed by atoms with Gasteiger partial charge < -0.3 is 5.11 Å². The largest absolute Gasteiger partial charge is 0.481 e. The normalized spacial score (nSPS) is 17.6. The Labute approximate surface area is 98.3 Å². The zero-order valence-corrected chi connectivity index (χ0v) is 9.26. The highest BCUT2D eigenvalue weighted by Crippen LogP contribution is 2.45. The average molecular weight is 228 g/mol. The number of hydrogen-bond acceptors (Lipinski definition) is 3. The van der Waals surface area contributed by atoms with Gasteiger partial charge in [0.2, 0.25) is 0 Å². The van der Waals surface area contributed by atoms with Crippen LogP contribution in [-0.4, -0.2) is 21.0 Å². The zero-order valence-electron chi connectivity index (χ0n) is 9.26. The number of carbonyl (C=O) groups is 1. The Morgan fingerprint density at radius 3 is 2.71 bits per heavy atom. The van der Waals surface area contributed by atoms with E-state index in [0.29, 0.717) is 12.8 Å². The van der Waals surface area contributed by atoms with E-state index in [1.165, 1.54) is 0 Å². The molecule has 0 atom stereocenters. The molecule has 3 rings (SSSR count). The molecule has 0 aliphatic heterocycles. The second-order valence-corrected chi connectivity index (χ2v) is 4.52. The lowest BCUT2D eigenvalue weighted by Crippen LogP contribution is -2.42. The number of carboxylic acids is 1. The van der Waals surface area contributed by atoms with E-state index >= 15 is 0 Å². The molecule has 1 aliphatic rings. The third kappa shape index (κ3) is 1.33. The number of pyridine rings is 2. The van der Waals surface area contributed by atoms with Gasteiger partial charge in [-0.2, -0.15) is 0 Å². The summed E-state index contributed by atoms with van der Waals surface area (Å²) < 4.78 is 0. The van der Waals surface area contributed by atoms with Crippen molar-refractivity contribution in [3.8, 4) is 0 Å². The van der Waals surface area contributed by atoms with Crippen LogP contribution in [0.5, 0.6) is 0 Å². The Morgan fingerprint density at radius 1 is 1.24 bits per heavy atom. The second kappa shape index (κ2) is 3.52. The molecule has 4 nitrogen and oxygen atoms in total. The first-order valence-corrected chi connectivity index (χ1v) is 5.66. The smallest absolute Gasteiger partial charge is 0.314 e. The van der Waals surface area contributed by atoms with Crippen LogP contribution >= 0.6 is 0 Å². The Balaban J connectivity index is 2.27. The monoisotopic (exact) mass is 228 g/mol. The molecule has 86 valence electrons. The number of fused-ring (bicyclic) bond motifs is 1. The predicted molar refractivity (Wildman–Crippen MR) is 62.7 cm³/mol. The predicted octanol–water partition coefficient (Wildman–Crippen LogP) is 2.14. The van der Waals surface area contributed by atoms with Crippen molar-refractivity contribution in [1.29, 1.82) is 0 Å². The van der Waals surface area contributed by atoms with Gasteiger partial charge in [-0.25, -0.2) is 0 Å². The minimum Gasteiger partial charge on any atom is -0.481 e. The highest BCUT2D eigenvalue weighted by atomic mass is 16.4. The van der Waals surface area contributed by atoms with E-state index in [4.69, 9.17) is 0 Å². The summed E-state index contributed by atoms with van der Waals surface area (Å²) in [6.45, 7) is 0. The molecule has 1 N–H and O–H groups in total. The molecule has 0 amide bonds. The second-order valence-electron chi connectivity index (χ2n) is 4.52. The maximum Gasteiger partial charge on any atom is 0.314 e. The average Bonchev–Trinajstić information content (AvgIpc) is 2.27. The lowest BCUT2D eigenvalue weighted by Gasteiger charge is -2.38. The van der Waals surface area contributed by atoms with Crippen LogP contribution < -0.4 is 0 Å². The Bertz CT molecular complexity index is 585. The molecule has 1 aliphatic carbocycles. The van der Waals surface area contributed by atoms with Crippen molar-refractivity contribution in [2.24, 2.45) is 0 Å². The van der Waals surface area contributed by atoms with Crippen LogP contribution in [0.15, 0.2) is 30.9 Å². The Kier molecular flexibility index (Phi) is 2.11. The molecule has 0 saturated heterocycles. The molecule has 0 spiro atoms. The number of nitrogens with zero attached hydrogens (tertiary/aromatic N) is 2. The van der Waals surface area contributed by atoms with Gasteiger partial charge in [0.15, 0.2) is 0 Å². The van der Waals surface area contributed by atoms with Crippen molar-refractivity contribution < 1.29 is 9.90 Å². The summed E-state index contributed by atoms with van der Waals surface area (Å²) in [5.74, 6) is -0.748. The van der Waals surface area contributed by atoms with Crippen LogP contribution in [0.3, 0.4) is 0 Å². The van der Waals surface area contributed by atoms with Crippen molar-refractivity contribution in [2.45, 2.75) is 24.7 Å². The molecule has 0 aromatic carbocycles. The van der Waals surface area contributed by atoms with Crippen LogP contribution in [0, 0.1) is 0 Å². The standard InChI is InChI=1S/C13H12N2O2/c16-12(17)13(3-1-4-13)11-8-15-6-9-2-5-14-7-10(9)11/h2,5-8H,1,3-4H2,(H,16,17). The van der Waals surface area contributed by atoms with Crippen LogP contribution in [0.25, 0.3) is 10.8 Å². The number of aromatic nitrogens is 2. The molecule has 0 unspecified atom stereocenters. The first kappa shape index (κ1) is 10.2. The van der Waals surface area contributed by atoms with Gasteiger partial charge in [-0.15, -0.1) is 0 Å². The third-order valence-electron chi connectivity index (χ3n) is 3.69. The highest BCUT2D eigenvalue weighted by molar-refractivity contribution is 5.92. The summed E-state index contributed by atoms with van der Waals surface area (Å²) in [7, 11) is 0. The lowest BCUT2D eigenvalue weighted by molar-refractivity contribution is -0.147. The van der Waals surface area contributed by atoms with Crippen molar-refractivity contribution in [3.63, 3.8) is 0 Å². The van der Waals surface area contributed by atoms with E-state index in [2.05, 4.69) is 9.97 Å². The van der Waals surface area contributed by atoms with E-state index in [9.17, 15) is 9.90 Å². The minimum absolute atomic E-state index is 0.692. The molecule has 1 saturated carbocycles. The Hall–Kier alpha value is -1.97. The fourth-order valence-electron chi connectivity index (χ4n) is 2.51. The van der Waals surface area contributed by atoms with Gasteiger partial charge in [0, 0.05) is 35.6 Å². The quantitative estimate of drug-likeness (QED) is 0.855. The summed E-state index contributed by atoms with van der Waals surface area (Å²) in [5.41, 5.74) is 0.0667. The van der Waals surface area contributed by atoms with E-state index in [-0.39, 0.29) is 0 Å². The first-order chi connectivity index (χ1) is 8.24. The van der Waals surface area contributed by atoms with Crippen LogP contribution in [-0.2, 0) is 10.2 Å². The molecule has 0 radical (unpaired) electrons. The van der Waals surface area contributed by atoms with E-state index < -0.39 is 11.4 Å². The topological polar surface area (TPSA) is 63.1 Å². The van der Waals surface area contributed by atoms with Gasteiger partial charge in [0.05, 0.1) is 5.41 Å². The number of aliphatic carboxylic acids is 1. The van der Waals surface area contributed by atoms with Crippen LogP contribution in [0.2, 0.25) is 0 Å². The van der Waals surface area contributed by atoms with Gasteiger partial charge in [0.1, 0.15) is 0 Å². The van der Waals surface area contributed by atoms with Gasteiger partial charge in [-0.1, -0.05) is 6.42 Å².